The third-order valence-electron chi connectivity index (χ3n) is 3.99. The van der Waals surface area contributed by atoms with Gasteiger partial charge in [0.1, 0.15) is 0 Å². The van der Waals surface area contributed by atoms with Gasteiger partial charge in [-0.3, -0.25) is 9.69 Å². The van der Waals surface area contributed by atoms with Crippen LogP contribution in [-0.4, -0.2) is 23.9 Å². The molecule has 1 aliphatic rings. The Hall–Kier alpha value is -1.07. The van der Waals surface area contributed by atoms with E-state index < -0.39 is 0 Å². The molecule has 1 aromatic rings. The molecule has 0 bridgehead atoms. The van der Waals surface area contributed by atoms with E-state index in [1.807, 2.05) is 0 Å². The Kier molecular flexibility index (Phi) is 5.43. The summed E-state index contributed by atoms with van der Waals surface area (Å²) in [5.41, 5.74) is 13.0. The first-order valence-electron chi connectivity index (χ1n) is 7.55. The molecule has 0 aliphatic carbocycles. The maximum Gasteiger partial charge on any atom is 0.251 e. The summed E-state index contributed by atoms with van der Waals surface area (Å²) in [4.78, 5) is 15.1. The van der Waals surface area contributed by atoms with E-state index in [4.69, 9.17) is 11.5 Å². The highest BCUT2D eigenvalue weighted by Crippen LogP contribution is 2.34. The van der Waals surface area contributed by atoms with Crippen LogP contribution in [0, 0.1) is 0 Å². The van der Waals surface area contributed by atoms with E-state index in [0.29, 0.717) is 10.6 Å². The molecule has 0 atom stereocenters. The number of hydrogen-bond donors (Lipinski definition) is 2. The fourth-order valence-electron chi connectivity index (χ4n) is 2.88. The molecule has 1 aliphatic heterocycles. The third-order valence-corrected chi connectivity index (χ3v) is 5.03. The number of nitrogen functional groups attached to an aromatic ring is 1. The Balaban J connectivity index is 1.88. The average Bonchev–Trinajstić information content (AvgIpc) is 2.73. The first-order valence-corrected chi connectivity index (χ1v) is 8.37. The standard InChI is InChI=1S/C15H25N3OS/c1-2-3-4-5-6-8-18-9-7-11-12(10-18)20-15(17)13(11)14(16)19/h2-10,17H2,1H3,(H2,16,19). The van der Waals surface area contributed by atoms with Crippen LogP contribution < -0.4 is 11.5 Å². The third kappa shape index (κ3) is 3.52. The van der Waals surface area contributed by atoms with Crippen molar-refractivity contribution in [2.45, 2.75) is 52.0 Å². The number of primary amides is 1. The number of nitrogens with zero attached hydrogens (tertiary/aromatic N) is 1. The fourth-order valence-corrected chi connectivity index (χ4v) is 4.04. The zero-order chi connectivity index (χ0) is 14.5. The SMILES string of the molecule is CCCCCCCN1CCc2c(sc(N)c2C(N)=O)C1. The zero-order valence-corrected chi connectivity index (χ0v) is 13.1. The van der Waals surface area contributed by atoms with Gasteiger partial charge in [0.2, 0.25) is 0 Å². The lowest BCUT2D eigenvalue weighted by molar-refractivity contribution is 0.1000. The number of hydrogen-bond acceptors (Lipinski definition) is 4. The summed E-state index contributed by atoms with van der Waals surface area (Å²) in [5.74, 6) is -0.381. The summed E-state index contributed by atoms with van der Waals surface area (Å²) < 4.78 is 0. The summed E-state index contributed by atoms with van der Waals surface area (Å²) in [6.07, 6.45) is 7.45. The Morgan fingerprint density at radius 1 is 1.30 bits per heavy atom. The Morgan fingerprint density at radius 3 is 2.75 bits per heavy atom. The van der Waals surface area contributed by atoms with Crippen LogP contribution in [-0.2, 0) is 13.0 Å². The second-order valence-corrected chi connectivity index (χ2v) is 6.68. The van der Waals surface area contributed by atoms with Gasteiger partial charge in [0, 0.05) is 18.0 Å². The predicted molar refractivity (Wildman–Crippen MR) is 85.0 cm³/mol. The second kappa shape index (κ2) is 7.09. The lowest BCUT2D eigenvalue weighted by Crippen LogP contribution is -2.31. The average molecular weight is 295 g/mol. The first-order chi connectivity index (χ1) is 9.63. The highest BCUT2D eigenvalue weighted by atomic mass is 32.1. The van der Waals surface area contributed by atoms with Crippen molar-refractivity contribution in [3.63, 3.8) is 0 Å². The molecular formula is C15H25N3OS. The van der Waals surface area contributed by atoms with Gasteiger partial charge < -0.3 is 11.5 Å². The minimum absolute atomic E-state index is 0.381. The molecule has 20 heavy (non-hydrogen) atoms. The minimum atomic E-state index is -0.381. The van der Waals surface area contributed by atoms with Crippen molar-refractivity contribution in [1.29, 1.82) is 0 Å². The molecule has 4 nitrogen and oxygen atoms in total. The monoisotopic (exact) mass is 295 g/mol. The molecular weight excluding hydrogens is 270 g/mol. The van der Waals surface area contributed by atoms with E-state index in [1.165, 1.54) is 48.3 Å². The Labute approximate surface area is 125 Å². The maximum absolute atomic E-state index is 11.4. The van der Waals surface area contributed by atoms with Crippen LogP contribution in [0.2, 0.25) is 0 Å². The molecule has 1 amide bonds. The van der Waals surface area contributed by atoms with E-state index in [-0.39, 0.29) is 5.91 Å². The molecule has 1 aromatic heterocycles. The molecule has 5 heteroatoms. The van der Waals surface area contributed by atoms with Crippen molar-refractivity contribution < 1.29 is 4.79 Å². The summed E-state index contributed by atoms with van der Waals surface area (Å²) in [5, 5.41) is 0.590. The zero-order valence-electron chi connectivity index (χ0n) is 12.3. The van der Waals surface area contributed by atoms with E-state index in [0.717, 1.165) is 31.6 Å². The van der Waals surface area contributed by atoms with Crippen molar-refractivity contribution in [2.75, 3.05) is 18.8 Å². The molecule has 4 N–H and O–H groups in total. The van der Waals surface area contributed by atoms with Crippen LogP contribution in [0.5, 0.6) is 0 Å². The van der Waals surface area contributed by atoms with Gasteiger partial charge in [0.15, 0.2) is 0 Å². The fraction of sp³-hybridized carbons (Fsp3) is 0.667. The lowest BCUT2D eigenvalue weighted by atomic mass is 10.0. The molecule has 0 radical (unpaired) electrons. The molecule has 112 valence electrons. The van der Waals surface area contributed by atoms with E-state index in [1.54, 1.807) is 0 Å². The normalized spacial score (nSPS) is 15.2. The van der Waals surface area contributed by atoms with Crippen molar-refractivity contribution in [1.82, 2.24) is 4.90 Å². The number of unbranched alkanes of at least 4 members (excludes halogenated alkanes) is 4. The maximum atomic E-state index is 11.4. The molecule has 0 unspecified atom stereocenters. The van der Waals surface area contributed by atoms with Crippen molar-refractivity contribution in [2.24, 2.45) is 5.73 Å². The van der Waals surface area contributed by atoms with Gasteiger partial charge >= 0.3 is 0 Å². The van der Waals surface area contributed by atoms with Crippen molar-refractivity contribution in [3.05, 3.63) is 16.0 Å². The van der Waals surface area contributed by atoms with Gasteiger partial charge in [-0.1, -0.05) is 32.6 Å². The van der Waals surface area contributed by atoms with Crippen LogP contribution in [0.1, 0.15) is 59.8 Å². The molecule has 0 saturated carbocycles. The van der Waals surface area contributed by atoms with Crippen molar-refractivity contribution in [3.8, 4) is 0 Å². The van der Waals surface area contributed by atoms with Gasteiger partial charge in [0.05, 0.1) is 10.6 Å². The van der Waals surface area contributed by atoms with Crippen LogP contribution in [0.3, 0.4) is 0 Å². The number of rotatable bonds is 7. The number of carbonyl (C=O) groups excluding carboxylic acids is 1. The van der Waals surface area contributed by atoms with E-state index >= 15 is 0 Å². The molecule has 2 heterocycles. The Bertz CT molecular complexity index is 470. The van der Waals surface area contributed by atoms with Gasteiger partial charge in [-0.05, 0) is 24.9 Å². The van der Waals surface area contributed by atoms with Crippen LogP contribution in [0.4, 0.5) is 5.00 Å². The minimum Gasteiger partial charge on any atom is -0.390 e. The number of anilines is 1. The largest absolute Gasteiger partial charge is 0.390 e. The van der Waals surface area contributed by atoms with Gasteiger partial charge in [0.25, 0.3) is 5.91 Å². The first kappa shape index (κ1) is 15.3. The van der Waals surface area contributed by atoms with Gasteiger partial charge in [-0.15, -0.1) is 11.3 Å². The number of amides is 1. The molecule has 0 aromatic carbocycles. The van der Waals surface area contributed by atoms with Gasteiger partial charge in [-0.25, -0.2) is 0 Å². The second-order valence-electron chi connectivity index (χ2n) is 5.55. The predicted octanol–water partition coefficient (Wildman–Crippen LogP) is 2.76. The molecule has 0 saturated heterocycles. The van der Waals surface area contributed by atoms with Crippen LogP contribution >= 0.6 is 11.3 Å². The summed E-state index contributed by atoms with van der Waals surface area (Å²) in [6.45, 7) is 5.32. The highest BCUT2D eigenvalue weighted by Gasteiger charge is 2.25. The Morgan fingerprint density at radius 2 is 2.05 bits per heavy atom. The summed E-state index contributed by atoms with van der Waals surface area (Å²) >= 11 is 1.53. The lowest BCUT2D eigenvalue weighted by Gasteiger charge is -2.26. The number of thiophene rings is 1. The molecule has 2 rings (SSSR count). The number of nitrogens with two attached hydrogens (primary N) is 2. The topological polar surface area (TPSA) is 72.3 Å². The van der Waals surface area contributed by atoms with Gasteiger partial charge in [-0.2, -0.15) is 0 Å². The van der Waals surface area contributed by atoms with Crippen molar-refractivity contribution >= 4 is 22.2 Å². The summed E-state index contributed by atoms with van der Waals surface area (Å²) in [7, 11) is 0. The molecule has 0 fully saturated rings. The molecule has 0 spiro atoms. The number of fused-ring (bicyclic) bond motifs is 1. The van der Waals surface area contributed by atoms with Crippen LogP contribution in [0.25, 0.3) is 0 Å². The smallest absolute Gasteiger partial charge is 0.251 e. The summed E-state index contributed by atoms with van der Waals surface area (Å²) in [6, 6.07) is 0. The van der Waals surface area contributed by atoms with Crippen LogP contribution in [0.15, 0.2) is 0 Å². The quantitative estimate of drug-likeness (QED) is 0.760. The highest BCUT2D eigenvalue weighted by molar-refractivity contribution is 7.16. The van der Waals surface area contributed by atoms with E-state index in [9.17, 15) is 4.79 Å². The number of carbonyl (C=O) groups is 1. The van der Waals surface area contributed by atoms with E-state index in [2.05, 4.69) is 11.8 Å².